The number of aromatic amines is 1. The van der Waals surface area contributed by atoms with Crippen LogP contribution in [0.3, 0.4) is 0 Å². The topological polar surface area (TPSA) is 82.0 Å². The van der Waals surface area contributed by atoms with Gasteiger partial charge in [-0.25, -0.2) is 9.67 Å². The zero-order chi connectivity index (χ0) is 22.9. The van der Waals surface area contributed by atoms with Crippen molar-refractivity contribution >= 4 is 11.0 Å². The van der Waals surface area contributed by atoms with Gasteiger partial charge in [-0.1, -0.05) is 57.9 Å². The molecule has 0 fully saturated rings. The van der Waals surface area contributed by atoms with Gasteiger partial charge in [0.1, 0.15) is 11.2 Å². The highest BCUT2D eigenvalue weighted by Crippen LogP contribution is 2.28. The monoisotopic (exact) mass is 440 g/mol. The lowest BCUT2D eigenvalue weighted by Crippen LogP contribution is -2.13. The molecule has 0 unspecified atom stereocenters. The molecule has 1 aromatic carbocycles. The second-order valence-electron chi connectivity index (χ2n) is 8.36. The third-order valence-corrected chi connectivity index (χ3v) is 5.87. The number of benzene rings is 1. The number of unbranched alkanes of at least 4 members (excludes halogenated alkanes) is 7. The Labute approximate surface area is 190 Å². The molecule has 174 valence electrons. The molecule has 3 aromatic rings. The molecule has 3 rings (SSSR count). The van der Waals surface area contributed by atoms with Gasteiger partial charge < -0.3 is 14.5 Å². The van der Waals surface area contributed by atoms with Crippen molar-refractivity contribution in [2.75, 3.05) is 14.2 Å². The van der Waals surface area contributed by atoms with Crippen LogP contribution in [0.15, 0.2) is 23.0 Å². The van der Waals surface area contributed by atoms with Gasteiger partial charge in [0, 0.05) is 13.0 Å². The molecule has 0 saturated carbocycles. The van der Waals surface area contributed by atoms with Crippen molar-refractivity contribution in [2.24, 2.45) is 0 Å². The first-order valence-electron chi connectivity index (χ1n) is 11.7. The second-order valence-corrected chi connectivity index (χ2v) is 8.36. The van der Waals surface area contributed by atoms with Crippen LogP contribution in [0.1, 0.15) is 75.4 Å². The predicted octanol–water partition coefficient (Wildman–Crippen LogP) is 5.18. The standard InChI is InChI=1S/C25H36N4O3/c1-5-6-7-8-9-10-11-12-15-29-24-23(18(2)28-29)25(30)27-22(26-24)17-19-13-14-20(31-3)21(16-19)32-4/h13-14,16H,5-12,15,17H2,1-4H3,(H,26,27,30). The molecule has 0 aliphatic heterocycles. The number of methoxy groups -OCH3 is 2. The molecule has 0 aliphatic rings. The normalized spacial score (nSPS) is 11.2. The molecule has 2 aromatic heterocycles. The smallest absolute Gasteiger partial charge is 0.262 e. The van der Waals surface area contributed by atoms with Crippen LogP contribution in [0.5, 0.6) is 11.5 Å². The van der Waals surface area contributed by atoms with E-state index in [1.54, 1.807) is 14.2 Å². The average molecular weight is 441 g/mol. The average Bonchev–Trinajstić information content (AvgIpc) is 3.11. The maximum absolute atomic E-state index is 12.8. The van der Waals surface area contributed by atoms with E-state index in [2.05, 4.69) is 17.0 Å². The summed E-state index contributed by atoms with van der Waals surface area (Å²) >= 11 is 0. The molecule has 7 heteroatoms. The Morgan fingerprint density at radius 1 is 0.969 bits per heavy atom. The molecule has 0 atom stereocenters. The van der Waals surface area contributed by atoms with Crippen molar-refractivity contribution in [3.8, 4) is 11.5 Å². The molecule has 0 spiro atoms. The fraction of sp³-hybridized carbons (Fsp3) is 0.560. The van der Waals surface area contributed by atoms with Crippen LogP contribution in [0.2, 0.25) is 0 Å². The molecule has 0 bridgehead atoms. The van der Waals surface area contributed by atoms with Gasteiger partial charge in [0.05, 0.1) is 19.9 Å². The SMILES string of the molecule is CCCCCCCCCCn1nc(C)c2c(=O)[nH]c(Cc3ccc(OC)c(OC)c3)nc21. The van der Waals surface area contributed by atoms with E-state index in [1.165, 1.54) is 44.9 Å². The summed E-state index contributed by atoms with van der Waals surface area (Å²) in [4.78, 5) is 20.5. The molecule has 0 aliphatic carbocycles. The fourth-order valence-corrected chi connectivity index (χ4v) is 4.12. The number of ether oxygens (including phenoxy) is 2. The maximum atomic E-state index is 12.8. The van der Waals surface area contributed by atoms with Gasteiger partial charge in [-0.15, -0.1) is 0 Å². The van der Waals surface area contributed by atoms with Crippen molar-refractivity contribution < 1.29 is 9.47 Å². The number of aryl methyl sites for hydroxylation is 2. The summed E-state index contributed by atoms with van der Waals surface area (Å²) in [6, 6.07) is 5.72. The summed E-state index contributed by atoms with van der Waals surface area (Å²) in [6.07, 6.45) is 10.6. The Balaban J connectivity index is 1.70. The van der Waals surface area contributed by atoms with E-state index < -0.39 is 0 Å². The third-order valence-electron chi connectivity index (χ3n) is 5.87. The van der Waals surface area contributed by atoms with Crippen LogP contribution in [0, 0.1) is 6.92 Å². The second kappa shape index (κ2) is 11.7. The minimum atomic E-state index is -0.134. The molecule has 0 saturated heterocycles. The van der Waals surface area contributed by atoms with Crippen LogP contribution < -0.4 is 15.0 Å². The minimum Gasteiger partial charge on any atom is -0.493 e. The van der Waals surface area contributed by atoms with Crippen LogP contribution >= 0.6 is 0 Å². The molecule has 0 amide bonds. The highest BCUT2D eigenvalue weighted by molar-refractivity contribution is 5.77. The van der Waals surface area contributed by atoms with E-state index in [0.29, 0.717) is 34.8 Å². The Bertz CT molecular complexity index is 1070. The van der Waals surface area contributed by atoms with Gasteiger partial charge in [-0.05, 0) is 31.0 Å². The summed E-state index contributed by atoms with van der Waals surface area (Å²) in [7, 11) is 3.22. The Hall–Kier alpha value is -2.83. The number of nitrogens with one attached hydrogen (secondary N) is 1. The maximum Gasteiger partial charge on any atom is 0.262 e. The number of hydrogen-bond acceptors (Lipinski definition) is 5. The van der Waals surface area contributed by atoms with Crippen molar-refractivity contribution in [3.05, 3.63) is 45.6 Å². The van der Waals surface area contributed by atoms with E-state index >= 15 is 0 Å². The number of nitrogens with zero attached hydrogens (tertiary/aromatic N) is 3. The zero-order valence-electron chi connectivity index (χ0n) is 19.9. The molecular formula is C25H36N4O3. The lowest BCUT2D eigenvalue weighted by molar-refractivity contribution is 0.354. The molecule has 32 heavy (non-hydrogen) atoms. The van der Waals surface area contributed by atoms with Crippen molar-refractivity contribution in [2.45, 2.75) is 78.2 Å². The van der Waals surface area contributed by atoms with E-state index in [1.807, 2.05) is 29.8 Å². The summed E-state index contributed by atoms with van der Waals surface area (Å²) in [5, 5.41) is 5.19. The molecule has 2 heterocycles. The first-order chi connectivity index (χ1) is 15.6. The van der Waals surface area contributed by atoms with Gasteiger partial charge in [0.2, 0.25) is 0 Å². The number of rotatable bonds is 13. The zero-order valence-corrected chi connectivity index (χ0v) is 19.9. The van der Waals surface area contributed by atoms with E-state index in [0.717, 1.165) is 24.2 Å². The fourth-order valence-electron chi connectivity index (χ4n) is 4.12. The molecular weight excluding hydrogens is 404 g/mol. The van der Waals surface area contributed by atoms with Crippen LogP contribution in [-0.2, 0) is 13.0 Å². The highest BCUT2D eigenvalue weighted by Gasteiger charge is 2.15. The summed E-state index contributed by atoms with van der Waals surface area (Å²) in [5.74, 6) is 1.95. The molecule has 0 radical (unpaired) electrons. The van der Waals surface area contributed by atoms with Gasteiger partial charge in [-0.2, -0.15) is 5.10 Å². The number of hydrogen-bond donors (Lipinski definition) is 1. The van der Waals surface area contributed by atoms with Gasteiger partial charge in [-0.3, -0.25) is 4.79 Å². The molecule has 7 nitrogen and oxygen atoms in total. The Kier molecular flexibility index (Phi) is 8.71. The van der Waals surface area contributed by atoms with Crippen molar-refractivity contribution in [3.63, 3.8) is 0 Å². The van der Waals surface area contributed by atoms with Crippen molar-refractivity contribution in [1.82, 2.24) is 19.7 Å². The summed E-state index contributed by atoms with van der Waals surface area (Å²) < 4.78 is 12.6. The predicted molar refractivity (Wildman–Crippen MR) is 128 cm³/mol. The first-order valence-corrected chi connectivity index (χ1v) is 11.7. The number of fused-ring (bicyclic) bond motifs is 1. The lowest BCUT2D eigenvalue weighted by Gasteiger charge is -2.09. The van der Waals surface area contributed by atoms with Crippen LogP contribution in [-0.4, -0.2) is 34.0 Å². The van der Waals surface area contributed by atoms with Crippen LogP contribution in [0.25, 0.3) is 11.0 Å². The van der Waals surface area contributed by atoms with Crippen molar-refractivity contribution in [1.29, 1.82) is 0 Å². The lowest BCUT2D eigenvalue weighted by atomic mass is 10.1. The largest absolute Gasteiger partial charge is 0.493 e. The van der Waals surface area contributed by atoms with Gasteiger partial charge >= 0.3 is 0 Å². The first kappa shape index (κ1) is 23.8. The highest BCUT2D eigenvalue weighted by atomic mass is 16.5. The Morgan fingerprint density at radius 2 is 1.66 bits per heavy atom. The number of H-pyrrole nitrogens is 1. The van der Waals surface area contributed by atoms with Gasteiger partial charge in [0.25, 0.3) is 5.56 Å². The summed E-state index contributed by atoms with van der Waals surface area (Å²) in [6.45, 7) is 4.90. The van der Waals surface area contributed by atoms with Gasteiger partial charge in [0.15, 0.2) is 17.1 Å². The Morgan fingerprint density at radius 3 is 2.34 bits per heavy atom. The minimum absolute atomic E-state index is 0.134. The number of aromatic nitrogens is 4. The summed E-state index contributed by atoms with van der Waals surface area (Å²) in [5.41, 5.74) is 2.25. The van der Waals surface area contributed by atoms with E-state index in [-0.39, 0.29) is 5.56 Å². The molecule has 1 N–H and O–H groups in total. The van der Waals surface area contributed by atoms with Crippen LogP contribution in [0.4, 0.5) is 0 Å². The quantitative estimate of drug-likeness (QED) is 0.371. The van der Waals surface area contributed by atoms with E-state index in [4.69, 9.17) is 14.5 Å². The third kappa shape index (κ3) is 5.90. The van der Waals surface area contributed by atoms with E-state index in [9.17, 15) is 4.79 Å².